The Bertz CT molecular complexity index is 949. The number of nitrogens with one attached hydrogen (secondary N) is 1. The lowest BCUT2D eigenvalue weighted by Gasteiger charge is -2.20. The molecule has 0 saturated carbocycles. The summed E-state index contributed by atoms with van der Waals surface area (Å²) in [6.07, 6.45) is 1.87. The van der Waals surface area contributed by atoms with E-state index >= 15 is 0 Å². The van der Waals surface area contributed by atoms with Crippen LogP contribution < -0.4 is 14.8 Å². The number of carboxylic acid groups (broad SMARTS) is 1. The molecule has 0 radical (unpaired) electrons. The van der Waals surface area contributed by atoms with Crippen LogP contribution in [0.4, 0.5) is 4.79 Å². The Morgan fingerprint density at radius 3 is 1.87 bits per heavy atom. The maximum Gasteiger partial charge on any atom is 0.508 e. The van der Waals surface area contributed by atoms with E-state index in [0.717, 1.165) is 12.8 Å². The highest BCUT2D eigenvalue weighted by Gasteiger charge is 2.24. The van der Waals surface area contributed by atoms with Crippen LogP contribution in [-0.4, -0.2) is 54.0 Å². The molecule has 0 amide bonds. The number of hydrogen-bond acceptors (Lipinski definition) is 9. The second kappa shape index (κ2) is 17.4. The standard InChI is InChI=1S/C29H45NO9/c1-8-11-18(4)27(33)38-24-14-13-22(16-25(24)39-28(34)19(5)12-9-2)15-23(26(31)32)30-17-21(7)37-29(35)36-20(6)10-3/h13-14,16,18-21,23,30H,8-12,15,17H2,1-7H3,(H,31,32)/t18?,19?,20?,21?,23-/m0/s1. The quantitative estimate of drug-likeness (QED) is 0.194. The molecule has 0 spiro atoms. The number of benzene rings is 1. The van der Waals surface area contributed by atoms with Gasteiger partial charge in [-0.3, -0.25) is 14.4 Å². The number of hydrogen-bond donors (Lipinski definition) is 2. The number of carboxylic acids is 1. The van der Waals surface area contributed by atoms with Crippen molar-refractivity contribution in [1.82, 2.24) is 5.32 Å². The van der Waals surface area contributed by atoms with E-state index < -0.39 is 36.2 Å². The Hall–Kier alpha value is -3.14. The largest absolute Gasteiger partial charge is 0.508 e. The summed E-state index contributed by atoms with van der Waals surface area (Å²) in [4.78, 5) is 49.0. The zero-order valence-electron chi connectivity index (χ0n) is 24.3. The number of esters is 2. The minimum Gasteiger partial charge on any atom is -0.480 e. The molecule has 0 fully saturated rings. The first kappa shape index (κ1) is 33.9. The van der Waals surface area contributed by atoms with Gasteiger partial charge in [0.25, 0.3) is 0 Å². The van der Waals surface area contributed by atoms with Crippen molar-refractivity contribution in [2.24, 2.45) is 11.8 Å². The smallest absolute Gasteiger partial charge is 0.480 e. The van der Waals surface area contributed by atoms with E-state index in [9.17, 15) is 24.3 Å². The van der Waals surface area contributed by atoms with Crippen LogP contribution in [-0.2, 0) is 30.3 Å². The van der Waals surface area contributed by atoms with Gasteiger partial charge in [-0.15, -0.1) is 0 Å². The van der Waals surface area contributed by atoms with Crippen LogP contribution in [0.2, 0.25) is 0 Å². The van der Waals surface area contributed by atoms with Crippen LogP contribution in [0.15, 0.2) is 18.2 Å². The number of aliphatic carboxylic acids is 1. The summed E-state index contributed by atoms with van der Waals surface area (Å²) in [5.41, 5.74) is 0.548. The van der Waals surface area contributed by atoms with Crippen LogP contribution in [0.1, 0.15) is 86.1 Å². The van der Waals surface area contributed by atoms with Crippen molar-refractivity contribution in [2.75, 3.05) is 6.54 Å². The summed E-state index contributed by atoms with van der Waals surface area (Å²) in [7, 11) is 0. The lowest BCUT2D eigenvalue weighted by Crippen LogP contribution is -2.42. The summed E-state index contributed by atoms with van der Waals surface area (Å²) < 4.78 is 21.4. The molecule has 220 valence electrons. The van der Waals surface area contributed by atoms with Gasteiger partial charge in [-0.25, -0.2) is 4.79 Å². The fraction of sp³-hybridized carbons (Fsp3) is 0.655. The average molecular weight is 552 g/mol. The van der Waals surface area contributed by atoms with Crippen LogP contribution in [0.25, 0.3) is 0 Å². The van der Waals surface area contributed by atoms with Crippen molar-refractivity contribution in [2.45, 2.75) is 105 Å². The maximum atomic E-state index is 12.6. The van der Waals surface area contributed by atoms with E-state index in [-0.39, 0.29) is 42.4 Å². The molecule has 1 rings (SSSR count). The summed E-state index contributed by atoms with van der Waals surface area (Å²) in [6.45, 7) is 12.8. The molecule has 0 aliphatic rings. The second-order valence-electron chi connectivity index (χ2n) is 10.0. The molecule has 0 heterocycles. The molecule has 10 heteroatoms. The summed E-state index contributed by atoms with van der Waals surface area (Å²) in [6, 6.07) is 3.63. The zero-order chi connectivity index (χ0) is 29.5. The zero-order valence-corrected chi connectivity index (χ0v) is 24.3. The van der Waals surface area contributed by atoms with Gasteiger partial charge in [0, 0.05) is 6.54 Å². The molecule has 10 nitrogen and oxygen atoms in total. The van der Waals surface area contributed by atoms with E-state index in [0.29, 0.717) is 24.8 Å². The predicted molar refractivity (Wildman–Crippen MR) is 146 cm³/mol. The van der Waals surface area contributed by atoms with Crippen molar-refractivity contribution in [3.63, 3.8) is 0 Å². The van der Waals surface area contributed by atoms with Crippen LogP contribution in [0, 0.1) is 11.8 Å². The van der Waals surface area contributed by atoms with Gasteiger partial charge in [-0.05, 0) is 57.2 Å². The number of rotatable bonds is 17. The topological polar surface area (TPSA) is 137 Å². The number of ether oxygens (including phenoxy) is 4. The Morgan fingerprint density at radius 2 is 1.36 bits per heavy atom. The molecule has 1 aromatic carbocycles. The van der Waals surface area contributed by atoms with Crippen LogP contribution in [0.3, 0.4) is 0 Å². The Balaban J connectivity index is 3.03. The van der Waals surface area contributed by atoms with Crippen molar-refractivity contribution in [1.29, 1.82) is 0 Å². The number of carbonyl (C=O) groups excluding carboxylic acids is 3. The molecule has 5 atom stereocenters. The Morgan fingerprint density at radius 1 is 0.821 bits per heavy atom. The minimum atomic E-state index is -1.11. The van der Waals surface area contributed by atoms with Gasteiger partial charge in [-0.2, -0.15) is 0 Å². The van der Waals surface area contributed by atoms with Gasteiger partial charge in [0.05, 0.1) is 11.8 Å². The van der Waals surface area contributed by atoms with E-state index in [2.05, 4.69) is 5.32 Å². The summed E-state index contributed by atoms with van der Waals surface area (Å²) >= 11 is 0. The molecule has 2 N–H and O–H groups in total. The first-order chi connectivity index (χ1) is 18.4. The third-order valence-corrected chi connectivity index (χ3v) is 6.24. The highest BCUT2D eigenvalue weighted by molar-refractivity contribution is 5.78. The fourth-order valence-electron chi connectivity index (χ4n) is 3.64. The van der Waals surface area contributed by atoms with Gasteiger partial charge in [0.2, 0.25) is 0 Å². The lowest BCUT2D eigenvalue weighted by molar-refractivity contribution is -0.141. The van der Waals surface area contributed by atoms with Gasteiger partial charge >= 0.3 is 24.1 Å². The monoisotopic (exact) mass is 551 g/mol. The van der Waals surface area contributed by atoms with Crippen molar-refractivity contribution < 1.29 is 43.2 Å². The average Bonchev–Trinajstić information content (AvgIpc) is 2.87. The number of carbonyl (C=O) groups is 4. The highest BCUT2D eigenvalue weighted by atomic mass is 16.7. The molecule has 0 aromatic heterocycles. The van der Waals surface area contributed by atoms with E-state index in [1.54, 1.807) is 33.8 Å². The molecule has 0 aliphatic heterocycles. The highest BCUT2D eigenvalue weighted by Crippen LogP contribution is 2.31. The van der Waals surface area contributed by atoms with Crippen LogP contribution >= 0.6 is 0 Å². The fourth-order valence-corrected chi connectivity index (χ4v) is 3.64. The first-order valence-corrected chi connectivity index (χ1v) is 13.8. The summed E-state index contributed by atoms with van der Waals surface area (Å²) in [5, 5.41) is 12.6. The Kier molecular flexibility index (Phi) is 15.2. The maximum absolute atomic E-state index is 12.6. The molecule has 39 heavy (non-hydrogen) atoms. The van der Waals surface area contributed by atoms with Gasteiger partial charge < -0.3 is 29.4 Å². The van der Waals surface area contributed by atoms with E-state index in [1.165, 1.54) is 12.1 Å². The third-order valence-electron chi connectivity index (χ3n) is 6.24. The van der Waals surface area contributed by atoms with Crippen molar-refractivity contribution in [3.05, 3.63) is 23.8 Å². The predicted octanol–water partition coefficient (Wildman–Crippen LogP) is 5.30. The van der Waals surface area contributed by atoms with E-state index in [1.807, 2.05) is 20.8 Å². The molecule has 0 bridgehead atoms. The molecule has 1 aromatic rings. The Labute approximate surface area is 231 Å². The van der Waals surface area contributed by atoms with Gasteiger partial charge in [-0.1, -0.05) is 53.5 Å². The van der Waals surface area contributed by atoms with E-state index in [4.69, 9.17) is 18.9 Å². The molecule has 0 aliphatic carbocycles. The molecule has 0 saturated heterocycles. The van der Waals surface area contributed by atoms with Gasteiger partial charge in [0.15, 0.2) is 11.5 Å². The van der Waals surface area contributed by atoms with Crippen molar-refractivity contribution >= 4 is 24.1 Å². The molecule has 4 unspecified atom stereocenters. The SMILES string of the molecule is CCCC(C)C(=O)Oc1ccc(C[C@H](NCC(C)OC(=O)OC(C)CC)C(=O)O)cc1OC(=O)C(C)CCC. The minimum absolute atomic E-state index is 0.0366. The molecular formula is C29H45NO9. The van der Waals surface area contributed by atoms with Crippen LogP contribution in [0.5, 0.6) is 11.5 Å². The summed E-state index contributed by atoms with van der Waals surface area (Å²) in [5.74, 6) is -2.53. The lowest BCUT2D eigenvalue weighted by atomic mass is 10.0. The second-order valence-corrected chi connectivity index (χ2v) is 10.0. The van der Waals surface area contributed by atoms with Gasteiger partial charge in [0.1, 0.15) is 18.2 Å². The first-order valence-electron chi connectivity index (χ1n) is 13.8. The normalized spacial score (nSPS) is 14.8. The molecular weight excluding hydrogens is 506 g/mol. The van der Waals surface area contributed by atoms with Crippen molar-refractivity contribution in [3.8, 4) is 11.5 Å². The third kappa shape index (κ3) is 12.5.